The number of nitrogens with zero attached hydrogens (tertiary/aromatic N) is 1. The van der Waals surface area contributed by atoms with E-state index in [0.29, 0.717) is 11.6 Å². The molecule has 2 unspecified atom stereocenters. The van der Waals surface area contributed by atoms with Crippen LogP contribution in [-0.2, 0) is 26.8 Å². The van der Waals surface area contributed by atoms with Crippen molar-refractivity contribution in [1.82, 2.24) is 10.2 Å². The fourth-order valence-corrected chi connectivity index (χ4v) is 6.34. The molecule has 37 heavy (non-hydrogen) atoms. The summed E-state index contributed by atoms with van der Waals surface area (Å²) in [5, 5.41) is 3.91. The minimum atomic E-state index is -0.518. The zero-order chi connectivity index (χ0) is 25.9. The number of hydrogen-bond acceptors (Lipinski definition) is 3. The molecule has 5 heteroatoms. The molecule has 1 aliphatic carbocycles. The highest BCUT2D eigenvalue weighted by Gasteiger charge is 2.61. The first-order valence-electron chi connectivity index (χ1n) is 13.3. The molecule has 2 aliphatic rings. The molecule has 0 radical (unpaired) electrons. The average molecular weight is 515 g/mol. The lowest BCUT2D eigenvalue weighted by molar-refractivity contribution is -0.124. The number of nitrogens with one attached hydrogen (secondary N) is 1. The molecule has 3 aromatic rings. The monoisotopic (exact) mass is 514 g/mol. The first-order valence-corrected chi connectivity index (χ1v) is 13.7. The third-order valence-corrected chi connectivity index (χ3v) is 8.85. The smallest absolute Gasteiger partial charge is 0.231 e. The highest BCUT2D eigenvalue weighted by atomic mass is 35.5. The van der Waals surface area contributed by atoms with E-state index < -0.39 is 10.8 Å². The second-order valence-electron chi connectivity index (χ2n) is 10.7. The predicted molar refractivity (Wildman–Crippen MR) is 149 cm³/mol. The van der Waals surface area contributed by atoms with E-state index in [4.69, 9.17) is 11.6 Å². The number of carbonyl (C=O) groups excluding carboxylic acids is 2. The van der Waals surface area contributed by atoms with Gasteiger partial charge in [0.25, 0.3) is 0 Å². The highest BCUT2D eigenvalue weighted by molar-refractivity contribution is 6.30. The van der Waals surface area contributed by atoms with Crippen LogP contribution in [0, 0.1) is 5.92 Å². The van der Waals surface area contributed by atoms with Crippen LogP contribution >= 0.6 is 11.6 Å². The zero-order valence-corrected chi connectivity index (χ0v) is 22.2. The Morgan fingerprint density at radius 3 is 2.14 bits per heavy atom. The topological polar surface area (TPSA) is 49.4 Å². The van der Waals surface area contributed by atoms with E-state index in [9.17, 15) is 9.59 Å². The van der Waals surface area contributed by atoms with E-state index in [1.54, 1.807) is 6.92 Å². The maximum Gasteiger partial charge on any atom is 0.231 e. The van der Waals surface area contributed by atoms with Crippen LogP contribution in [0.4, 0.5) is 0 Å². The van der Waals surface area contributed by atoms with E-state index in [-0.39, 0.29) is 17.6 Å². The van der Waals surface area contributed by atoms with Crippen LogP contribution in [0.15, 0.2) is 84.9 Å². The van der Waals surface area contributed by atoms with Crippen molar-refractivity contribution in [2.45, 2.75) is 43.4 Å². The Morgan fingerprint density at radius 2 is 1.51 bits per heavy atom. The van der Waals surface area contributed by atoms with Crippen LogP contribution in [0.2, 0.25) is 5.02 Å². The van der Waals surface area contributed by atoms with Crippen molar-refractivity contribution in [3.8, 4) is 0 Å². The SMILES string of the molecule is CC(=O)C1(c2ccccc2)CCN(CC2CC2(C(=O)NCCc2ccccc2)c2ccc(Cl)cc2)CC1. The summed E-state index contributed by atoms with van der Waals surface area (Å²) in [5.74, 6) is 0.597. The van der Waals surface area contributed by atoms with Crippen LogP contribution in [0.1, 0.15) is 42.9 Å². The van der Waals surface area contributed by atoms with Crippen molar-refractivity contribution in [2.75, 3.05) is 26.2 Å². The Morgan fingerprint density at radius 1 is 0.892 bits per heavy atom. The first-order chi connectivity index (χ1) is 17.9. The summed E-state index contributed by atoms with van der Waals surface area (Å²) in [7, 11) is 0. The number of carbonyl (C=O) groups is 2. The highest BCUT2D eigenvalue weighted by Crippen LogP contribution is 2.55. The summed E-state index contributed by atoms with van der Waals surface area (Å²) in [5.41, 5.74) is 2.47. The number of Topliss-reactive ketones (excluding diaryl/α,β-unsaturated/α-hetero) is 1. The van der Waals surface area contributed by atoms with Crippen molar-refractivity contribution in [1.29, 1.82) is 0 Å². The van der Waals surface area contributed by atoms with E-state index >= 15 is 0 Å². The summed E-state index contributed by atoms with van der Waals surface area (Å²) >= 11 is 6.17. The van der Waals surface area contributed by atoms with Crippen molar-refractivity contribution in [3.63, 3.8) is 0 Å². The number of amides is 1. The Labute approximate surface area is 225 Å². The van der Waals surface area contributed by atoms with Crippen molar-refractivity contribution >= 4 is 23.3 Å². The van der Waals surface area contributed by atoms with Gasteiger partial charge in [-0.15, -0.1) is 0 Å². The second-order valence-corrected chi connectivity index (χ2v) is 11.1. The summed E-state index contributed by atoms with van der Waals surface area (Å²) < 4.78 is 0. The van der Waals surface area contributed by atoms with Crippen LogP contribution < -0.4 is 5.32 Å². The molecule has 2 fully saturated rings. The van der Waals surface area contributed by atoms with Gasteiger partial charge >= 0.3 is 0 Å². The number of ketones is 1. The predicted octanol–water partition coefficient (Wildman–Crippen LogP) is 5.58. The van der Waals surface area contributed by atoms with Crippen molar-refractivity contribution < 1.29 is 9.59 Å². The maximum atomic E-state index is 13.6. The van der Waals surface area contributed by atoms with E-state index in [1.807, 2.05) is 60.7 Å². The number of halogens is 1. The van der Waals surface area contributed by atoms with Gasteiger partial charge in [0.15, 0.2) is 0 Å². The fraction of sp³-hybridized carbons (Fsp3) is 0.375. The van der Waals surface area contributed by atoms with Crippen LogP contribution in [0.5, 0.6) is 0 Å². The Hall–Kier alpha value is -2.95. The molecule has 1 N–H and O–H groups in total. The van der Waals surface area contributed by atoms with Gasteiger partial charge in [0.2, 0.25) is 5.91 Å². The minimum Gasteiger partial charge on any atom is -0.355 e. The van der Waals surface area contributed by atoms with Crippen LogP contribution in [0.25, 0.3) is 0 Å². The average Bonchev–Trinajstić information content (AvgIpc) is 3.65. The molecule has 2 atom stereocenters. The molecule has 1 amide bonds. The summed E-state index contributed by atoms with van der Waals surface area (Å²) in [6, 6.07) is 28.2. The number of piperidine rings is 1. The molecule has 4 nitrogen and oxygen atoms in total. The Bertz CT molecular complexity index is 1220. The second kappa shape index (κ2) is 10.8. The lowest BCUT2D eigenvalue weighted by Gasteiger charge is -2.41. The van der Waals surface area contributed by atoms with Gasteiger partial charge in [-0.3, -0.25) is 9.59 Å². The summed E-state index contributed by atoms with van der Waals surface area (Å²) in [4.78, 5) is 28.9. The largest absolute Gasteiger partial charge is 0.355 e. The van der Waals surface area contributed by atoms with Gasteiger partial charge in [-0.05, 0) is 80.4 Å². The standard InChI is InChI=1S/C32H35ClN2O2/c1-24(36)31(26-10-6-3-7-11-26)17-20-35(21-18-31)23-28-22-32(28,27-12-14-29(33)15-13-27)30(37)34-19-16-25-8-4-2-5-9-25/h2-15,28H,16-23H2,1H3,(H,34,37). The molecule has 3 aromatic carbocycles. The number of benzene rings is 3. The zero-order valence-electron chi connectivity index (χ0n) is 21.5. The van der Waals surface area contributed by atoms with Gasteiger partial charge in [0.05, 0.1) is 10.8 Å². The minimum absolute atomic E-state index is 0.107. The molecule has 1 saturated carbocycles. The molecule has 0 aromatic heterocycles. The third-order valence-electron chi connectivity index (χ3n) is 8.60. The first kappa shape index (κ1) is 25.7. The van der Waals surface area contributed by atoms with Gasteiger partial charge in [-0.2, -0.15) is 0 Å². The maximum absolute atomic E-state index is 13.6. The Balaban J connectivity index is 1.26. The van der Waals surface area contributed by atoms with Crippen molar-refractivity contribution in [3.05, 3.63) is 107 Å². The number of likely N-dealkylation sites (tertiary alicyclic amines) is 1. The fourth-order valence-electron chi connectivity index (χ4n) is 6.21. The normalized spacial score (nSPS) is 22.8. The molecular formula is C32H35ClN2O2. The van der Waals surface area contributed by atoms with E-state index in [2.05, 4.69) is 34.5 Å². The summed E-state index contributed by atoms with van der Waals surface area (Å²) in [6.07, 6.45) is 3.28. The van der Waals surface area contributed by atoms with Gasteiger partial charge in [-0.1, -0.05) is 84.4 Å². The quantitative estimate of drug-likeness (QED) is 0.405. The van der Waals surface area contributed by atoms with E-state index in [0.717, 1.165) is 56.4 Å². The number of rotatable bonds is 9. The molecule has 0 spiro atoms. The van der Waals surface area contributed by atoms with Gasteiger partial charge in [0.1, 0.15) is 5.78 Å². The van der Waals surface area contributed by atoms with Gasteiger partial charge < -0.3 is 10.2 Å². The molecule has 192 valence electrons. The van der Waals surface area contributed by atoms with Crippen LogP contribution in [-0.4, -0.2) is 42.8 Å². The molecular weight excluding hydrogens is 480 g/mol. The Kier molecular flexibility index (Phi) is 7.50. The van der Waals surface area contributed by atoms with Crippen molar-refractivity contribution in [2.24, 2.45) is 5.92 Å². The van der Waals surface area contributed by atoms with E-state index in [1.165, 1.54) is 5.56 Å². The van der Waals surface area contributed by atoms with Gasteiger partial charge in [-0.25, -0.2) is 0 Å². The molecule has 1 aliphatic heterocycles. The lowest BCUT2D eigenvalue weighted by atomic mass is 9.70. The molecule has 1 saturated heterocycles. The molecule has 5 rings (SSSR count). The number of hydrogen-bond donors (Lipinski definition) is 1. The lowest BCUT2D eigenvalue weighted by Crippen LogP contribution is -2.47. The molecule has 1 heterocycles. The summed E-state index contributed by atoms with van der Waals surface area (Å²) in [6.45, 7) is 4.92. The molecule has 0 bridgehead atoms. The van der Waals surface area contributed by atoms with Crippen LogP contribution in [0.3, 0.4) is 0 Å². The van der Waals surface area contributed by atoms with Gasteiger partial charge in [0, 0.05) is 18.1 Å². The third kappa shape index (κ3) is 5.23.